The first-order valence-electron chi connectivity index (χ1n) is 4.25. The van der Waals surface area contributed by atoms with Gasteiger partial charge in [0.15, 0.2) is 0 Å². The molecule has 0 N–H and O–H groups in total. The first-order chi connectivity index (χ1) is 6.36. The molecule has 0 bridgehead atoms. The van der Waals surface area contributed by atoms with Crippen LogP contribution in [-0.4, -0.2) is 4.01 Å². The molecule has 66 valence electrons. The van der Waals surface area contributed by atoms with E-state index in [1.165, 1.54) is 16.7 Å². The van der Waals surface area contributed by atoms with Crippen LogP contribution in [0.4, 0.5) is 0 Å². The van der Waals surface area contributed by atoms with Gasteiger partial charge < -0.3 is 0 Å². The maximum atomic E-state index is 2.30. The van der Waals surface area contributed by atoms with Gasteiger partial charge in [-0.1, -0.05) is 50.6 Å². The standard InChI is InChI=1S/C12H11I/c1-10-2-4-11(5-3-10)12-6-8-13-9-7-12/h2-9H,1H3. The third kappa shape index (κ3) is 2.15. The Kier molecular flexibility index (Phi) is 2.74. The van der Waals surface area contributed by atoms with Crippen molar-refractivity contribution in [3.63, 3.8) is 0 Å². The monoisotopic (exact) mass is 282 g/mol. The van der Waals surface area contributed by atoms with Crippen molar-refractivity contribution < 1.29 is 0 Å². The molecule has 1 aliphatic rings. The van der Waals surface area contributed by atoms with Crippen LogP contribution in [0.2, 0.25) is 0 Å². The summed E-state index contributed by atoms with van der Waals surface area (Å²) in [4.78, 5) is 0. The molecule has 0 unspecified atom stereocenters. The van der Waals surface area contributed by atoms with Crippen LogP contribution in [0.25, 0.3) is 5.57 Å². The van der Waals surface area contributed by atoms with E-state index >= 15 is 0 Å². The van der Waals surface area contributed by atoms with Crippen LogP contribution in [0.1, 0.15) is 11.1 Å². The highest BCUT2D eigenvalue weighted by Crippen LogP contribution is 2.20. The Bertz CT molecular complexity index is 380. The molecule has 1 heterocycles. The van der Waals surface area contributed by atoms with Gasteiger partial charge in [-0.2, -0.15) is 0 Å². The molecular formula is C12H11I. The third-order valence-corrected chi connectivity index (χ3v) is 3.57. The van der Waals surface area contributed by atoms with Crippen molar-refractivity contribution >= 4 is 30.3 Å². The summed E-state index contributed by atoms with van der Waals surface area (Å²) in [6.45, 7) is 2.12. The van der Waals surface area contributed by atoms with Gasteiger partial charge in [-0.25, -0.2) is 0 Å². The molecule has 0 spiro atoms. The van der Waals surface area contributed by atoms with Crippen LogP contribution in [0.15, 0.2) is 40.5 Å². The Labute approximate surface area is 88.7 Å². The molecule has 0 nitrogen and oxygen atoms in total. The van der Waals surface area contributed by atoms with Crippen LogP contribution in [0.3, 0.4) is 0 Å². The topological polar surface area (TPSA) is 0 Å². The second kappa shape index (κ2) is 4.01. The average Bonchev–Trinajstić information content (AvgIpc) is 2.20. The van der Waals surface area contributed by atoms with E-state index in [1.54, 1.807) is 0 Å². The first kappa shape index (κ1) is 8.88. The molecule has 1 aliphatic heterocycles. The second-order valence-corrected chi connectivity index (χ2v) is 5.19. The molecular weight excluding hydrogens is 271 g/mol. The van der Waals surface area contributed by atoms with Crippen molar-refractivity contribution in [3.05, 3.63) is 51.6 Å². The van der Waals surface area contributed by atoms with E-state index in [1.807, 2.05) is 0 Å². The highest BCUT2D eigenvalue weighted by molar-refractivity contribution is 14.2. The Balaban J connectivity index is 2.36. The van der Waals surface area contributed by atoms with Crippen LogP contribution >= 0.6 is 20.7 Å². The fraction of sp³-hybridized carbons (Fsp3) is 0.0833. The lowest BCUT2D eigenvalue weighted by Gasteiger charge is -2.03. The third-order valence-electron chi connectivity index (χ3n) is 2.02. The zero-order valence-electron chi connectivity index (χ0n) is 7.50. The quantitative estimate of drug-likeness (QED) is 0.689. The molecule has 1 heteroatoms. The molecule has 0 saturated carbocycles. The summed E-state index contributed by atoms with van der Waals surface area (Å²) in [7, 11) is 0. The number of hydrogen-bond donors (Lipinski definition) is 0. The number of hydrogen-bond acceptors (Lipinski definition) is 0. The number of aryl methyl sites for hydroxylation is 1. The molecule has 0 saturated heterocycles. The van der Waals surface area contributed by atoms with Gasteiger partial charge in [0, 0.05) is 0 Å². The maximum Gasteiger partial charge on any atom is -0.0175 e. The van der Waals surface area contributed by atoms with Gasteiger partial charge in [-0.15, -0.1) is 0 Å². The van der Waals surface area contributed by atoms with Gasteiger partial charge >= 0.3 is 0 Å². The molecule has 0 fully saturated rings. The number of rotatable bonds is 1. The minimum absolute atomic E-state index is 0.207. The van der Waals surface area contributed by atoms with Gasteiger partial charge in [-0.3, -0.25) is 0 Å². The second-order valence-electron chi connectivity index (χ2n) is 3.03. The van der Waals surface area contributed by atoms with Gasteiger partial charge in [-0.05, 0) is 38.3 Å². The molecule has 0 aliphatic carbocycles. The number of allylic oxidation sites excluding steroid dienone is 3. The van der Waals surface area contributed by atoms with Gasteiger partial charge in [0.1, 0.15) is 0 Å². The Morgan fingerprint density at radius 3 is 2.46 bits per heavy atom. The molecule has 0 radical (unpaired) electrons. The highest BCUT2D eigenvalue weighted by atomic mass is 127. The Morgan fingerprint density at radius 1 is 1.08 bits per heavy atom. The molecule has 1 aromatic rings. The van der Waals surface area contributed by atoms with Crippen molar-refractivity contribution in [2.75, 3.05) is 0 Å². The van der Waals surface area contributed by atoms with E-state index in [0.29, 0.717) is 0 Å². The van der Waals surface area contributed by atoms with Gasteiger partial charge in [0.25, 0.3) is 0 Å². The van der Waals surface area contributed by atoms with Crippen molar-refractivity contribution in [1.82, 2.24) is 0 Å². The number of benzene rings is 1. The Hall–Kier alpha value is -0.700. The van der Waals surface area contributed by atoms with Gasteiger partial charge in [0.05, 0.1) is 0 Å². The summed E-state index contributed by atoms with van der Waals surface area (Å²) in [6.07, 6.45) is 4.47. The van der Waals surface area contributed by atoms with E-state index in [2.05, 4.69) is 51.4 Å². The summed E-state index contributed by atoms with van der Waals surface area (Å²) in [6, 6.07) is 8.69. The summed E-state index contributed by atoms with van der Waals surface area (Å²) >= 11 is 0.207. The maximum absolute atomic E-state index is 2.30. The van der Waals surface area contributed by atoms with Crippen molar-refractivity contribution in [2.45, 2.75) is 6.92 Å². The average molecular weight is 282 g/mol. The van der Waals surface area contributed by atoms with E-state index < -0.39 is 0 Å². The lowest BCUT2D eigenvalue weighted by Crippen LogP contribution is -1.83. The molecule has 13 heavy (non-hydrogen) atoms. The molecule has 2 rings (SSSR count). The van der Waals surface area contributed by atoms with Crippen LogP contribution in [0.5, 0.6) is 0 Å². The normalized spacial score (nSPS) is 15.0. The number of halogens is 1. The van der Waals surface area contributed by atoms with Crippen LogP contribution < -0.4 is 0 Å². The highest BCUT2D eigenvalue weighted by Gasteiger charge is 1.97. The van der Waals surface area contributed by atoms with E-state index in [-0.39, 0.29) is 20.7 Å². The minimum atomic E-state index is 0.207. The summed E-state index contributed by atoms with van der Waals surface area (Å²) < 4.78 is 4.60. The fourth-order valence-electron chi connectivity index (χ4n) is 1.24. The fourth-order valence-corrected chi connectivity index (χ4v) is 2.67. The predicted molar refractivity (Wildman–Crippen MR) is 68.4 cm³/mol. The smallest absolute Gasteiger partial charge is 0.0175 e. The van der Waals surface area contributed by atoms with E-state index in [9.17, 15) is 0 Å². The largest absolute Gasteiger partial charge is 0.0937 e. The summed E-state index contributed by atoms with van der Waals surface area (Å²) in [5.41, 5.74) is 3.98. The molecule has 1 aromatic carbocycles. The lowest BCUT2D eigenvalue weighted by molar-refractivity contribution is 1.46. The minimum Gasteiger partial charge on any atom is -0.0937 e. The van der Waals surface area contributed by atoms with E-state index in [0.717, 1.165) is 0 Å². The summed E-state index contributed by atoms with van der Waals surface area (Å²) in [5, 5.41) is 0. The molecule has 0 atom stereocenters. The SMILES string of the molecule is Cc1ccc(C2=CC=IC=C2)cc1. The van der Waals surface area contributed by atoms with Crippen LogP contribution in [0, 0.1) is 6.92 Å². The lowest BCUT2D eigenvalue weighted by atomic mass is 10.0. The van der Waals surface area contributed by atoms with E-state index in [4.69, 9.17) is 0 Å². The zero-order chi connectivity index (χ0) is 9.10. The Morgan fingerprint density at radius 2 is 1.85 bits per heavy atom. The van der Waals surface area contributed by atoms with Crippen molar-refractivity contribution in [3.8, 4) is 0 Å². The zero-order valence-corrected chi connectivity index (χ0v) is 9.65. The molecule has 0 aromatic heterocycles. The predicted octanol–water partition coefficient (Wildman–Crippen LogP) is 3.68. The van der Waals surface area contributed by atoms with Crippen molar-refractivity contribution in [1.29, 1.82) is 0 Å². The summed E-state index contributed by atoms with van der Waals surface area (Å²) in [5.74, 6) is 0. The van der Waals surface area contributed by atoms with Crippen molar-refractivity contribution in [2.24, 2.45) is 0 Å². The van der Waals surface area contributed by atoms with Gasteiger partial charge in [0.2, 0.25) is 0 Å². The molecule has 0 amide bonds. The first-order valence-corrected chi connectivity index (χ1v) is 6.74. The van der Waals surface area contributed by atoms with Crippen LogP contribution in [-0.2, 0) is 0 Å².